The van der Waals surface area contributed by atoms with Crippen LogP contribution in [0.1, 0.15) is 40.0 Å². The maximum atomic E-state index is 12.6. The van der Waals surface area contributed by atoms with Crippen LogP contribution in [0.3, 0.4) is 0 Å². The number of Topliss-reactive ketones (excluding diaryl/α,β-unsaturated/α-hetero) is 4. The van der Waals surface area contributed by atoms with Gasteiger partial charge < -0.3 is 30.5 Å². The second-order valence-electron chi connectivity index (χ2n) is 6.08. The first-order valence-corrected chi connectivity index (χ1v) is 7.33. The lowest BCUT2D eigenvalue weighted by Crippen LogP contribution is -2.87. The minimum absolute atomic E-state index is 0.799. The number of ketones is 4. The van der Waals surface area contributed by atoms with Gasteiger partial charge in [0.2, 0.25) is 5.91 Å². The van der Waals surface area contributed by atoms with E-state index < -0.39 is 91.9 Å². The van der Waals surface area contributed by atoms with Crippen molar-refractivity contribution in [3.63, 3.8) is 0 Å². The number of ether oxygens (including phenoxy) is 1. The van der Waals surface area contributed by atoms with E-state index in [-0.39, 0.29) is 0 Å². The Hall–Kier alpha value is -2.05. The van der Waals surface area contributed by atoms with Crippen LogP contribution in [0.5, 0.6) is 0 Å². The number of aliphatic hydroxyl groups excluding tert-OH is 1. The van der Waals surface area contributed by atoms with Crippen molar-refractivity contribution in [2.75, 3.05) is 0 Å². The molecule has 27 heavy (non-hydrogen) atoms. The summed E-state index contributed by atoms with van der Waals surface area (Å²) in [7, 11) is 0. The van der Waals surface area contributed by atoms with Gasteiger partial charge in [0, 0.05) is 19.3 Å². The molecule has 0 aliphatic carbocycles. The molecule has 0 saturated carbocycles. The molecule has 1 heterocycles. The van der Waals surface area contributed by atoms with Crippen molar-refractivity contribution in [3.05, 3.63) is 0 Å². The van der Waals surface area contributed by atoms with E-state index in [9.17, 15) is 44.4 Å². The van der Waals surface area contributed by atoms with Crippen LogP contribution in [0.4, 0.5) is 0 Å². The van der Waals surface area contributed by atoms with Gasteiger partial charge in [0.15, 0.2) is 34.3 Å². The average molecular weight is 393 g/mol. The Morgan fingerprint density at radius 2 is 1.48 bits per heavy atom. The van der Waals surface area contributed by atoms with E-state index in [0.29, 0.717) is 0 Å². The molecule has 1 amide bonds. The molecule has 0 aromatic heterocycles. The molecule has 0 radical (unpaired) electrons. The predicted molar refractivity (Wildman–Crippen MR) is 86.1 cm³/mol. The first-order chi connectivity index (χ1) is 14.2. The summed E-state index contributed by atoms with van der Waals surface area (Å²) in [5.41, 5.74) is -7.48. The van der Waals surface area contributed by atoms with E-state index in [2.05, 4.69) is 0 Å². The fraction of sp³-hybridized carbons (Fsp3) is 0.688. The SMILES string of the molecule is [2H]CC(=O)C(O)[C@H]1OC(O)(C(=O)C[2H])[C@H](NC(C)=O)[C@](O)(C(=O)C[2H])[C@]1(O)C(=O)C[2H]. The van der Waals surface area contributed by atoms with Gasteiger partial charge in [-0.15, -0.1) is 0 Å². The highest BCUT2D eigenvalue weighted by atomic mass is 16.7. The molecule has 2 unspecified atom stereocenters. The molecule has 1 fully saturated rings. The molecule has 1 aliphatic heterocycles. The van der Waals surface area contributed by atoms with Gasteiger partial charge in [0.25, 0.3) is 5.79 Å². The van der Waals surface area contributed by atoms with E-state index in [0.717, 1.165) is 6.92 Å². The molecular formula is C16H23NO10. The molecule has 0 bridgehead atoms. The van der Waals surface area contributed by atoms with Gasteiger partial charge in [0.05, 0.1) is 0 Å². The zero-order chi connectivity index (χ0) is 24.4. The Balaban J connectivity index is 4.07. The first kappa shape index (κ1) is 17.1. The molecule has 11 heteroatoms. The standard InChI is InChI=1S/C16H23NO10/c1-6(18)11(23)12-14(24,7(2)19)15(25,8(3)20)13(17-10(5)22)16(26,27-12)9(4)21/h11-13,23-26H,1-5H3,(H,17,22)/t11?,12-,13-,14+,15-,16?/m1/s1/i1D,2D,3D,4D. The smallest absolute Gasteiger partial charge is 0.251 e. The van der Waals surface area contributed by atoms with Gasteiger partial charge in [-0.25, -0.2) is 0 Å². The Kier molecular flexibility index (Phi) is 4.53. The Bertz CT molecular complexity index is 781. The summed E-state index contributed by atoms with van der Waals surface area (Å²) in [6, 6.07) is -2.68. The number of hydrogen-bond acceptors (Lipinski definition) is 10. The Morgan fingerprint density at radius 3 is 1.93 bits per heavy atom. The molecule has 152 valence electrons. The molecule has 6 atom stereocenters. The van der Waals surface area contributed by atoms with Crippen LogP contribution in [0.2, 0.25) is 0 Å². The molecule has 0 spiro atoms. The number of nitrogens with one attached hydrogen (secondary N) is 1. The summed E-state index contributed by atoms with van der Waals surface area (Å²) in [5.74, 6) is -11.2. The van der Waals surface area contributed by atoms with Crippen molar-refractivity contribution in [3.8, 4) is 0 Å². The molecule has 5 N–H and O–H groups in total. The van der Waals surface area contributed by atoms with Gasteiger partial charge in [-0.2, -0.15) is 0 Å². The van der Waals surface area contributed by atoms with Crippen LogP contribution in [0, 0.1) is 0 Å². The lowest BCUT2D eigenvalue weighted by molar-refractivity contribution is -0.344. The van der Waals surface area contributed by atoms with Crippen LogP contribution in [-0.4, -0.2) is 84.7 Å². The van der Waals surface area contributed by atoms with Crippen molar-refractivity contribution in [2.45, 2.75) is 69.8 Å². The van der Waals surface area contributed by atoms with Crippen molar-refractivity contribution >= 4 is 29.0 Å². The van der Waals surface area contributed by atoms with Crippen LogP contribution in [-0.2, 0) is 28.7 Å². The summed E-state index contributed by atoms with van der Waals surface area (Å²) in [6.07, 6.45) is -5.46. The zero-order valence-corrected chi connectivity index (χ0v) is 14.3. The summed E-state index contributed by atoms with van der Waals surface area (Å²) in [6.45, 7) is -4.40. The van der Waals surface area contributed by atoms with Crippen LogP contribution in [0.25, 0.3) is 0 Å². The molecule has 1 aliphatic rings. The van der Waals surface area contributed by atoms with Crippen LogP contribution in [0.15, 0.2) is 0 Å². The number of amides is 1. The first-order valence-electron chi connectivity index (χ1n) is 10.2. The third-order valence-electron chi connectivity index (χ3n) is 4.32. The van der Waals surface area contributed by atoms with Crippen molar-refractivity contribution in [1.29, 1.82) is 0 Å². The third-order valence-corrected chi connectivity index (χ3v) is 4.32. The Labute approximate surface area is 159 Å². The van der Waals surface area contributed by atoms with E-state index in [1.807, 2.05) is 0 Å². The molecule has 0 aromatic carbocycles. The maximum absolute atomic E-state index is 12.6. The molecular weight excluding hydrogens is 366 g/mol. The minimum atomic E-state index is -3.76. The van der Waals surface area contributed by atoms with Gasteiger partial charge in [-0.05, 0) is 20.7 Å². The quantitative estimate of drug-likeness (QED) is 0.307. The highest BCUT2D eigenvalue weighted by Gasteiger charge is 2.76. The number of aliphatic hydroxyl groups is 4. The number of carbonyl (C=O) groups excluding carboxylic acids is 5. The summed E-state index contributed by atoms with van der Waals surface area (Å²) in [4.78, 5) is 61.1. The molecule has 1 rings (SSSR count). The van der Waals surface area contributed by atoms with Gasteiger partial charge in [-0.3, -0.25) is 24.0 Å². The van der Waals surface area contributed by atoms with E-state index >= 15 is 0 Å². The van der Waals surface area contributed by atoms with E-state index in [1.165, 1.54) is 0 Å². The Morgan fingerprint density at radius 1 is 0.963 bits per heavy atom. The summed E-state index contributed by atoms with van der Waals surface area (Å²) >= 11 is 0. The topological polar surface area (TPSA) is 188 Å². The van der Waals surface area contributed by atoms with Crippen LogP contribution < -0.4 is 5.32 Å². The van der Waals surface area contributed by atoms with Gasteiger partial charge >= 0.3 is 0 Å². The van der Waals surface area contributed by atoms with E-state index in [4.69, 9.17) is 10.2 Å². The number of hydrogen-bond donors (Lipinski definition) is 5. The predicted octanol–water partition coefficient (Wildman–Crippen LogP) is -3.24. The largest absolute Gasteiger partial charge is 0.382 e. The van der Waals surface area contributed by atoms with Crippen molar-refractivity contribution < 1.29 is 54.6 Å². The fourth-order valence-corrected chi connectivity index (χ4v) is 2.91. The second-order valence-corrected chi connectivity index (χ2v) is 6.08. The van der Waals surface area contributed by atoms with Gasteiger partial charge in [-0.1, -0.05) is 0 Å². The lowest BCUT2D eigenvalue weighted by atomic mass is 9.63. The monoisotopic (exact) mass is 393 g/mol. The highest BCUT2D eigenvalue weighted by Crippen LogP contribution is 2.45. The fourth-order valence-electron chi connectivity index (χ4n) is 2.91. The molecule has 1 saturated heterocycles. The molecule has 11 nitrogen and oxygen atoms in total. The van der Waals surface area contributed by atoms with Crippen molar-refractivity contribution in [2.24, 2.45) is 0 Å². The summed E-state index contributed by atoms with van der Waals surface area (Å²) in [5, 5.41) is 45.3. The number of rotatable bonds is 6. The normalized spacial score (nSPS) is 39.1. The maximum Gasteiger partial charge on any atom is 0.251 e. The highest BCUT2D eigenvalue weighted by molar-refractivity contribution is 6.02. The third kappa shape index (κ3) is 3.21. The number of carbonyl (C=O) groups is 5. The average Bonchev–Trinajstić information content (AvgIpc) is 2.75. The minimum Gasteiger partial charge on any atom is -0.382 e. The van der Waals surface area contributed by atoms with E-state index in [1.54, 1.807) is 5.32 Å². The van der Waals surface area contributed by atoms with Crippen molar-refractivity contribution in [1.82, 2.24) is 5.32 Å². The van der Waals surface area contributed by atoms with Crippen LogP contribution >= 0.6 is 0 Å². The summed E-state index contributed by atoms with van der Waals surface area (Å²) < 4.78 is 33.8. The van der Waals surface area contributed by atoms with Gasteiger partial charge in [0.1, 0.15) is 18.2 Å². The lowest BCUT2D eigenvalue weighted by Gasteiger charge is -2.57. The zero-order valence-electron chi connectivity index (χ0n) is 18.3. The molecule has 0 aromatic rings. The second kappa shape index (κ2) is 7.17.